The highest BCUT2D eigenvalue weighted by atomic mass is 28.4. The zero-order chi connectivity index (χ0) is 28.4. The Kier molecular flexibility index (Phi) is 25.5. The monoisotopic (exact) mass is 570 g/mol. The molecule has 0 unspecified atom stereocenters. The van der Waals surface area contributed by atoms with E-state index in [9.17, 15) is 0 Å². The van der Waals surface area contributed by atoms with Crippen molar-refractivity contribution in [3.05, 3.63) is 23.6 Å². The van der Waals surface area contributed by atoms with Crippen LogP contribution < -0.4 is 0 Å². The summed E-state index contributed by atoms with van der Waals surface area (Å²) in [6.45, 7) is 18.8. The van der Waals surface area contributed by atoms with E-state index in [-0.39, 0.29) is 5.16 Å². The molecule has 0 saturated heterocycles. The summed E-state index contributed by atoms with van der Waals surface area (Å²) in [5.74, 6) is 0. The molecule has 6 heteroatoms. The summed E-state index contributed by atoms with van der Waals surface area (Å²) in [4.78, 5) is 0. The van der Waals surface area contributed by atoms with E-state index in [1.54, 1.807) is 0 Å². The predicted molar refractivity (Wildman–Crippen MR) is 171 cm³/mol. The van der Waals surface area contributed by atoms with Gasteiger partial charge in [-0.2, -0.15) is 0 Å². The minimum absolute atomic E-state index is 0.165. The Bertz CT molecular complexity index is 502. The van der Waals surface area contributed by atoms with Gasteiger partial charge < -0.3 is 17.7 Å². The number of hydrogen-bond donors (Lipinski definition) is 0. The van der Waals surface area contributed by atoms with Gasteiger partial charge in [0.2, 0.25) is 0 Å². The number of allylic oxidation sites excluding steroid dienone is 2. The Morgan fingerprint density at radius 2 is 0.763 bits per heavy atom. The topological polar surface area (TPSA) is 36.9 Å². The highest BCUT2D eigenvalue weighted by Gasteiger charge is 2.58. The van der Waals surface area contributed by atoms with Gasteiger partial charge in [-0.15, -0.1) is 0 Å². The van der Waals surface area contributed by atoms with Gasteiger partial charge in [-0.1, -0.05) is 118 Å². The molecule has 0 N–H and O–H groups in total. The van der Waals surface area contributed by atoms with Crippen molar-refractivity contribution in [1.29, 1.82) is 0 Å². The van der Waals surface area contributed by atoms with Crippen LogP contribution in [-0.4, -0.2) is 43.5 Å². The third kappa shape index (κ3) is 15.5. The van der Waals surface area contributed by atoms with Crippen LogP contribution in [0, 0.1) is 0 Å². The van der Waals surface area contributed by atoms with Gasteiger partial charge in [0.1, 0.15) is 0 Å². The molecule has 0 radical (unpaired) electrons. The molecule has 0 aliphatic carbocycles. The molecule has 0 aliphatic heterocycles. The van der Waals surface area contributed by atoms with Crippen LogP contribution in [0.1, 0.15) is 151 Å². The van der Waals surface area contributed by atoms with Gasteiger partial charge in [0.05, 0.1) is 5.16 Å². The quantitative estimate of drug-likeness (QED) is 0.0692. The van der Waals surface area contributed by atoms with E-state index in [0.717, 1.165) is 103 Å². The molecule has 0 spiro atoms. The maximum absolute atomic E-state index is 7.03. The van der Waals surface area contributed by atoms with Crippen molar-refractivity contribution in [3.8, 4) is 0 Å². The summed E-state index contributed by atoms with van der Waals surface area (Å²) in [7, 11) is -5.63. The van der Waals surface area contributed by atoms with Gasteiger partial charge in [0, 0.05) is 26.4 Å². The molecule has 0 saturated carbocycles. The lowest BCUT2D eigenvalue weighted by Crippen LogP contribution is -2.60. The summed E-state index contributed by atoms with van der Waals surface area (Å²) in [5.41, 5.74) is 4.81. The summed E-state index contributed by atoms with van der Waals surface area (Å²) in [5, 5.41) is 0.165. The third-order valence-electron chi connectivity index (χ3n) is 7.00. The largest absolute Gasteiger partial charge is 0.391 e. The first-order valence-electron chi connectivity index (χ1n) is 16.5. The molecular weight excluding hydrogens is 505 g/mol. The number of unbranched alkanes of at least 4 members (excludes halogenated alkanes) is 8. The Morgan fingerprint density at radius 1 is 0.447 bits per heavy atom. The predicted octanol–water partition coefficient (Wildman–Crippen LogP) is 10.4. The van der Waals surface area contributed by atoms with E-state index in [1.807, 2.05) is 0 Å². The van der Waals surface area contributed by atoms with E-state index in [4.69, 9.17) is 17.7 Å². The second-order valence-electron chi connectivity index (χ2n) is 10.7. The molecule has 0 atom stereocenters. The van der Waals surface area contributed by atoms with E-state index >= 15 is 0 Å². The van der Waals surface area contributed by atoms with Crippen molar-refractivity contribution in [2.75, 3.05) is 26.4 Å². The van der Waals surface area contributed by atoms with Crippen molar-refractivity contribution >= 4 is 17.1 Å². The zero-order valence-corrected chi connectivity index (χ0v) is 28.7. The lowest BCUT2D eigenvalue weighted by atomic mass is 10.2. The lowest BCUT2D eigenvalue weighted by Gasteiger charge is -2.43. The average Bonchev–Trinajstić information content (AvgIpc) is 2.92. The highest BCUT2D eigenvalue weighted by Crippen LogP contribution is 2.41. The Morgan fingerprint density at radius 3 is 1.03 bits per heavy atom. The van der Waals surface area contributed by atoms with Gasteiger partial charge in [-0.3, -0.25) is 0 Å². The maximum Gasteiger partial charge on any atom is 0.370 e. The molecule has 0 amide bonds. The molecule has 0 heterocycles. The van der Waals surface area contributed by atoms with E-state index in [1.165, 1.54) is 25.7 Å². The average molecular weight is 571 g/mol. The van der Waals surface area contributed by atoms with E-state index in [2.05, 4.69) is 72.0 Å². The Labute approximate surface area is 240 Å². The molecule has 0 bridgehead atoms. The van der Waals surface area contributed by atoms with E-state index in [0.29, 0.717) is 0 Å². The van der Waals surface area contributed by atoms with Crippen LogP contribution in [0.5, 0.6) is 0 Å². The second-order valence-corrected chi connectivity index (χ2v) is 17.4. The number of hydrogen-bond acceptors (Lipinski definition) is 4. The third-order valence-corrected chi connectivity index (χ3v) is 16.0. The molecule has 0 rings (SSSR count). The Hall–Kier alpha value is -0.246. The summed E-state index contributed by atoms with van der Waals surface area (Å²) < 4.78 is 28.1. The minimum Gasteiger partial charge on any atom is -0.391 e. The van der Waals surface area contributed by atoms with Crippen LogP contribution in [0.25, 0.3) is 0 Å². The summed E-state index contributed by atoms with van der Waals surface area (Å²) in [6.07, 6.45) is 22.5. The van der Waals surface area contributed by atoms with Gasteiger partial charge in [0.15, 0.2) is 0 Å². The zero-order valence-electron chi connectivity index (χ0n) is 26.7. The summed E-state index contributed by atoms with van der Waals surface area (Å²) in [6, 6.07) is 0. The Balaban J connectivity index is 6.87. The minimum atomic E-state index is -2.81. The van der Waals surface area contributed by atoms with Crippen LogP contribution in [0.4, 0.5) is 0 Å². The van der Waals surface area contributed by atoms with Crippen molar-refractivity contribution in [2.45, 2.75) is 156 Å². The smallest absolute Gasteiger partial charge is 0.370 e. The van der Waals surface area contributed by atoms with Gasteiger partial charge in [0.25, 0.3) is 0 Å². The highest BCUT2D eigenvalue weighted by molar-refractivity contribution is 6.93. The van der Waals surface area contributed by atoms with Crippen LogP contribution >= 0.6 is 0 Å². The molecule has 0 aromatic heterocycles. The van der Waals surface area contributed by atoms with Gasteiger partial charge in [-0.25, -0.2) is 0 Å². The van der Waals surface area contributed by atoms with Gasteiger partial charge >= 0.3 is 17.1 Å². The molecule has 226 valence electrons. The summed E-state index contributed by atoms with van der Waals surface area (Å²) >= 11 is 0. The first kappa shape index (κ1) is 37.8. The van der Waals surface area contributed by atoms with E-state index < -0.39 is 17.1 Å². The standard InChI is InChI=1S/C32H66O4Si2/c1-8-15-21-23-30-37(33-26-17-10-3,34-27-18-11-4)32(25-14-7)38(35-28-19-12-5,36-29-20-13-6)31-24-22-16-9-2/h23-24,30-32H,8-22,25-29H2,1-7H3. The molecule has 38 heavy (non-hydrogen) atoms. The first-order chi connectivity index (χ1) is 18.6. The molecule has 4 nitrogen and oxygen atoms in total. The molecular formula is C32H66O4Si2. The van der Waals surface area contributed by atoms with Crippen LogP contribution in [0.15, 0.2) is 23.6 Å². The number of rotatable bonds is 28. The fraction of sp³-hybridized carbons (Fsp3) is 0.875. The fourth-order valence-corrected chi connectivity index (χ4v) is 14.4. The molecule has 0 fully saturated rings. The SMILES string of the molecule is CCCCC=C[Si](OCCCC)(OCCCC)C(CCC)[Si](C=CCCCC)(OCCCC)OCCCC. The van der Waals surface area contributed by atoms with Crippen molar-refractivity contribution < 1.29 is 17.7 Å². The first-order valence-corrected chi connectivity index (χ1v) is 20.4. The lowest BCUT2D eigenvalue weighted by molar-refractivity contribution is 0.140. The van der Waals surface area contributed by atoms with Gasteiger partial charge in [-0.05, 0) is 56.3 Å². The van der Waals surface area contributed by atoms with Crippen molar-refractivity contribution in [1.82, 2.24) is 0 Å². The van der Waals surface area contributed by atoms with Crippen molar-refractivity contribution in [3.63, 3.8) is 0 Å². The molecule has 0 aromatic rings. The van der Waals surface area contributed by atoms with Crippen LogP contribution in [0.3, 0.4) is 0 Å². The normalized spacial score (nSPS) is 13.8. The fourth-order valence-electron chi connectivity index (χ4n) is 4.53. The van der Waals surface area contributed by atoms with Crippen LogP contribution in [-0.2, 0) is 17.7 Å². The maximum atomic E-state index is 7.03. The molecule has 0 aromatic carbocycles. The van der Waals surface area contributed by atoms with Crippen molar-refractivity contribution in [2.24, 2.45) is 0 Å². The van der Waals surface area contributed by atoms with Crippen LogP contribution in [0.2, 0.25) is 5.16 Å². The molecule has 0 aliphatic rings. The second kappa shape index (κ2) is 25.7.